The highest BCUT2D eigenvalue weighted by Crippen LogP contribution is 2.30. The molecule has 0 spiro atoms. The van der Waals surface area contributed by atoms with E-state index < -0.39 is 0 Å². The Morgan fingerprint density at radius 2 is 1.89 bits per heavy atom. The fourth-order valence-corrected chi connectivity index (χ4v) is 2.45. The zero-order chi connectivity index (χ0) is 13.6. The maximum absolute atomic E-state index is 6.18. The fraction of sp³-hybridized carbons (Fsp3) is 0.143. The van der Waals surface area contributed by atoms with Gasteiger partial charge >= 0.3 is 0 Å². The molecule has 3 aromatic rings. The van der Waals surface area contributed by atoms with Gasteiger partial charge in [-0.15, -0.1) is 5.10 Å². The molecule has 19 heavy (non-hydrogen) atoms. The number of fused-ring (bicyclic) bond motifs is 1. The van der Waals surface area contributed by atoms with E-state index in [1.165, 1.54) is 0 Å². The van der Waals surface area contributed by atoms with Gasteiger partial charge in [0.2, 0.25) is 5.95 Å². The molecule has 0 bridgehead atoms. The molecule has 0 unspecified atom stereocenters. The Labute approximate surface area is 115 Å². The van der Waals surface area contributed by atoms with E-state index in [0.29, 0.717) is 0 Å². The van der Waals surface area contributed by atoms with Gasteiger partial charge in [0.25, 0.3) is 0 Å². The van der Waals surface area contributed by atoms with Gasteiger partial charge in [-0.1, -0.05) is 23.7 Å². The third-order valence-electron chi connectivity index (χ3n) is 3.31. The molecule has 1 aromatic carbocycles. The van der Waals surface area contributed by atoms with Crippen molar-refractivity contribution in [2.24, 2.45) is 0 Å². The Balaban J connectivity index is 2.31. The molecule has 4 nitrogen and oxygen atoms in total. The van der Waals surface area contributed by atoms with Gasteiger partial charge in [0.15, 0.2) is 5.65 Å². The number of anilines is 1. The van der Waals surface area contributed by atoms with Crippen LogP contribution in [0.15, 0.2) is 30.3 Å². The summed E-state index contributed by atoms with van der Waals surface area (Å²) in [7, 11) is 0. The van der Waals surface area contributed by atoms with Crippen LogP contribution in [0.25, 0.3) is 16.8 Å². The normalized spacial score (nSPS) is 11.1. The van der Waals surface area contributed by atoms with Crippen LogP contribution in [0.3, 0.4) is 0 Å². The number of hydrogen-bond acceptors (Lipinski definition) is 3. The van der Waals surface area contributed by atoms with Crippen LogP contribution in [0.5, 0.6) is 0 Å². The van der Waals surface area contributed by atoms with Gasteiger partial charge in [-0.3, -0.25) is 0 Å². The lowest BCUT2D eigenvalue weighted by Gasteiger charge is -2.11. The van der Waals surface area contributed by atoms with E-state index in [1.807, 2.05) is 38.1 Å². The van der Waals surface area contributed by atoms with Crippen LogP contribution >= 0.6 is 11.6 Å². The number of hydrogen-bond donors (Lipinski definition) is 1. The van der Waals surface area contributed by atoms with Crippen LogP contribution in [0.1, 0.15) is 11.3 Å². The van der Waals surface area contributed by atoms with Crippen LogP contribution < -0.4 is 5.73 Å². The molecule has 0 amide bonds. The quantitative estimate of drug-likeness (QED) is 0.740. The van der Waals surface area contributed by atoms with E-state index >= 15 is 0 Å². The summed E-state index contributed by atoms with van der Waals surface area (Å²) in [5.41, 5.74) is 10.6. The third kappa shape index (κ3) is 1.85. The van der Waals surface area contributed by atoms with Gasteiger partial charge < -0.3 is 5.73 Å². The minimum Gasteiger partial charge on any atom is -0.366 e. The Bertz CT molecular complexity index is 776. The van der Waals surface area contributed by atoms with Crippen molar-refractivity contribution < 1.29 is 0 Å². The van der Waals surface area contributed by atoms with E-state index in [2.05, 4.69) is 16.1 Å². The Morgan fingerprint density at radius 3 is 2.68 bits per heavy atom. The van der Waals surface area contributed by atoms with Crippen molar-refractivity contribution in [2.45, 2.75) is 13.8 Å². The van der Waals surface area contributed by atoms with E-state index in [9.17, 15) is 0 Å². The van der Waals surface area contributed by atoms with Crippen molar-refractivity contribution in [3.63, 3.8) is 0 Å². The first-order valence-electron chi connectivity index (χ1n) is 5.95. The molecule has 0 aliphatic heterocycles. The highest BCUT2D eigenvalue weighted by atomic mass is 35.5. The van der Waals surface area contributed by atoms with Crippen LogP contribution in [-0.4, -0.2) is 14.6 Å². The van der Waals surface area contributed by atoms with E-state index in [-0.39, 0.29) is 5.95 Å². The van der Waals surface area contributed by atoms with Gasteiger partial charge in [0.1, 0.15) is 0 Å². The van der Waals surface area contributed by atoms with Crippen molar-refractivity contribution >= 4 is 23.2 Å². The maximum Gasteiger partial charge on any atom is 0.240 e. The molecule has 0 radical (unpaired) electrons. The second-order valence-electron chi connectivity index (χ2n) is 4.48. The lowest BCUT2D eigenvalue weighted by molar-refractivity contribution is 0.922. The highest BCUT2D eigenvalue weighted by Gasteiger charge is 2.11. The number of rotatable bonds is 1. The lowest BCUT2D eigenvalue weighted by Crippen LogP contribution is -1.98. The molecule has 3 rings (SSSR count). The minimum atomic E-state index is 0.281. The smallest absolute Gasteiger partial charge is 0.240 e. The summed E-state index contributed by atoms with van der Waals surface area (Å²) < 4.78 is 1.75. The summed E-state index contributed by atoms with van der Waals surface area (Å²) >= 11 is 6.18. The summed E-state index contributed by atoms with van der Waals surface area (Å²) in [4.78, 5) is 4.15. The topological polar surface area (TPSA) is 56.2 Å². The summed E-state index contributed by atoms with van der Waals surface area (Å²) in [6.45, 7) is 4.01. The van der Waals surface area contributed by atoms with Gasteiger partial charge in [0, 0.05) is 16.3 Å². The van der Waals surface area contributed by atoms with E-state index in [1.54, 1.807) is 4.52 Å². The van der Waals surface area contributed by atoms with Crippen LogP contribution in [0.2, 0.25) is 5.02 Å². The largest absolute Gasteiger partial charge is 0.366 e. The molecule has 2 N–H and O–H groups in total. The molecule has 0 saturated carbocycles. The minimum absolute atomic E-state index is 0.281. The third-order valence-corrected chi connectivity index (χ3v) is 3.72. The van der Waals surface area contributed by atoms with E-state index in [4.69, 9.17) is 17.3 Å². The number of aromatic nitrogens is 3. The van der Waals surface area contributed by atoms with Crippen molar-refractivity contribution in [2.75, 3.05) is 5.73 Å². The SMILES string of the molecule is Cc1c(Cl)cccc1-c1ccc2nc(N)nn2c1C. The predicted octanol–water partition coefficient (Wildman–Crippen LogP) is 3.25. The van der Waals surface area contributed by atoms with Crippen molar-refractivity contribution in [1.82, 2.24) is 14.6 Å². The number of benzene rings is 1. The first-order valence-corrected chi connectivity index (χ1v) is 6.33. The van der Waals surface area contributed by atoms with Gasteiger partial charge in [-0.05, 0) is 43.2 Å². The Hall–Kier alpha value is -2.07. The zero-order valence-corrected chi connectivity index (χ0v) is 11.4. The second kappa shape index (κ2) is 4.24. The second-order valence-corrected chi connectivity index (χ2v) is 4.89. The van der Waals surface area contributed by atoms with Gasteiger partial charge in [-0.2, -0.15) is 4.98 Å². The predicted molar refractivity (Wildman–Crippen MR) is 77.3 cm³/mol. The average molecular weight is 273 g/mol. The first kappa shape index (κ1) is 12.0. The average Bonchev–Trinajstić information content (AvgIpc) is 2.76. The van der Waals surface area contributed by atoms with Crippen molar-refractivity contribution in [3.05, 3.63) is 46.6 Å². The number of pyridine rings is 1. The summed E-state index contributed by atoms with van der Waals surface area (Å²) in [6, 6.07) is 9.82. The maximum atomic E-state index is 6.18. The molecular weight excluding hydrogens is 260 g/mol. The fourth-order valence-electron chi connectivity index (χ4n) is 2.27. The van der Waals surface area contributed by atoms with Crippen LogP contribution in [0, 0.1) is 13.8 Å². The first-order chi connectivity index (χ1) is 9.08. The zero-order valence-electron chi connectivity index (χ0n) is 10.7. The number of nitrogen functional groups attached to an aromatic ring is 1. The van der Waals surface area contributed by atoms with Crippen molar-refractivity contribution in [3.8, 4) is 11.1 Å². The van der Waals surface area contributed by atoms with Gasteiger partial charge in [0.05, 0.1) is 0 Å². The van der Waals surface area contributed by atoms with Crippen LogP contribution in [0.4, 0.5) is 5.95 Å². The van der Waals surface area contributed by atoms with E-state index in [0.717, 1.165) is 33.1 Å². The molecule has 0 saturated heterocycles. The Morgan fingerprint density at radius 1 is 1.11 bits per heavy atom. The molecule has 5 heteroatoms. The monoisotopic (exact) mass is 272 g/mol. The molecule has 0 aliphatic carbocycles. The summed E-state index contributed by atoms with van der Waals surface area (Å²) in [5, 5.41) is 4.96. The number of aryl methyl sites for hydroxylation is 1. The molecule has 96 valence electrons. The molecule has 0 atom stereocenters. The molecule has 2 heterocycles. The molecule has 0 fully saturated rings. The van der Waals surface area contributed by atoms with Crippen molar-refractivity contribution in [1.29, 1.82) is 0 Å². The number of nitrogens with zero attached hydrogens (tertiary/aromatic N) is 3. The Kier molecular flexibility index (Phi) is 2.68. The molecule has 2 aromatic heterocycles. The summed E-state index contributed by atoms with van der Waals surface area (Å²) in [5.74, 6) is 0.281. The number of halogens is 1. The standard InChI is InChI=1S/C14H13ClN4/c1-8-10(4-3-5-12(8)15)11-6-7-13-17-14(16)18-19(13)9(11)2/h3-7H,1-2H3,(H2,16,18). The molecular formula is C14H13ClN4. The van der Waals surface area contributed by atoms with Crippen LogP contribution in [-0.2, 0) is 0 Å². The lowest BCUT2D eigenvalue weighted by atomic mass is 9.99. The van der Waals surface area contributed by atoms with Gasteiger partial charge in [-0.25, -0.2) is 4.52 Å². The highest BCUT2D eigenvalue weighted by molar-refractivity contribution is 6.31. The molecule has 0 aliphatic rings. The summed E-state index contributed by atoms with van der Waals surface area (Å²) in [6.07, 6.45) is 0. The number of nitrogens with two attached hydrogens (primary N) is 1.